The van der Waals surface area contributed by atoms with Crippen LogP contribution in [0, 0.1) is 5.92 Å². The van der Waals surface area contributed by atoms with Crippen molar-refractivity contribution in [2.75, 3.05) is 0 Å². The molecule has 0 saturated heterocycles. The number of aromatic nitrogens is 2. The summed E-state index contributed by atoms with van der Waals surface area (Å²) in [5, 5.41) is 2.05. The summed E-state index contributed by atoms with van der Waals surface area (Å²) in [7, 11) is -3.66. The van der Waals surface area contributed by atoms with Crippen LogP contribution in [-0.4, -0.2) is 23.5 Å². The minimum absolute atomic E-state index is 0.386. The summed E-state index contributed by atoms with van der Waals surface area (Å²) in [6.45, 7) is 10.6. The number of rotatable bonds is 8. The van der Waals surface area contributed by atoms with Crippen molar-refractivity contribution in [2.45, 2.75) is 57.3 Å². The van der Waals surface area contributed by atoms with E-state index >= 15 is 0 Å². The first-order chi connectivity index (χ1) is 16.0. The average molecular weight is 514 g/mol. The molecular weight excluding hydrogens is 483 g/mol. The van der Waals surface area contributed by atoms with E-state index < -0.39 is 15.6 Å². The zero-order chi connectivity index (χ0) is 24.5. The normalized spacial score (nSPS) is 12.5. The second-order valence-corrected chi connectivity index (χ2v) is 13.9. The number of hydrogen-bond donors (Lipinski definition) is 1. The molecule has 34 heavy (non-hydrogen) atoms. The molecule has 0 unspecified atom stereocenters. The lowest BCUT2D eigenvalue weighted by Crippen LogP contribution is -2.40. The van der Waals surface area contributed by atoms with Crippen molar-refractivity contribution < 1.29 is 8.42 Å². The number of sulfonamides is 1. The maximum absolute atomic E-state index is 13.3. The molecule has 0 amide bonds. The Morgan fingerprint density at radius 3 is 2.59 bits per heavy atom. The summed E-state index contributed by atoms with van der Waals surface area (Å²) in [5.41, 5.74) is 2.22. The lowest BCUT2D eigenvalue weighted by Gasteiger charge is -2.20. The van der Waals surface area contributed by atoms with Gasteiger partial charge >= 0.3 is 0 Å². The third-order valence-corrected chi connectivity index (χ3v) is 9.41. The highest BCUT2D eigenvalue weighted by Gasteiger charge is 2.28. The van der Waals surface area contributed by atoms with E-state index in [1.54, 1.807) is 11.3 Å². The van der Waals surface area contributed by atoms with E-state index in [2.05, 4.69) is 52.4 Å². The Labute approximate surface area is 210 Å². The maximum atomic E-state index is 13.3. The first kappa shape index (κ1) is 24.9. The van der Waals surface area contributed by atoms with Crippen LogP contribution in [0.2, 0.25) is 0 Å². The predicted octanol–water partition coefficient (Wildman–Crippen LogP) is 6.66. The zero-order valence-electron chi connectivity index (χ0n) is 20.2. The molecule has 4 rings (SSSR count). The highest BCUT2D eigenvalue weighted by atomic mass is 32.2. The molecule has 4 aromatic rings. The fourth-order valence-electron chi connectivity index (χ4n) is 3.88. The van der Waals surface area contributed by atoms with Crippen LogP contribution < -0.4 is 4.72 Å². The molecule has 1 aromatic carbocycles. The number of benzene rings is 1. The zero-order valence-corrected chi connectivity index (χ0v) is 22.7. The molecule has 0 aliphatic heterocycles. The Hall–Kier alpha value is -2.26. The van der Waals surface area contributed by atoms with Crippen LogP contribution in [0.25, 0.3) is 21.8 Å². The van der Waals surface area contributed by atoms with E-state index in [9.17, 15) is 8.42 Å². The van der Waals surface area contributed by atoms with Gasteiger partial charge in [-0.15, -0.1) is 22.7 Å². The largest absolute Gasteiger partial charge is 0.326 e. The Kier molecular flexibility index (Phi) is 7.14. The van der Waals surface area contributed by atoms with Crippen LogP contribution in [0.15, 0.2) is 64.4 Å². The van der Waals surface area contributed by atoms with Gasteiger partial charge in [0.2, 0.25) is 0 Å². The number of nitrogens with zero attached hydrogens (tertiary/aromatic N) is 2. The Morgan fingerprint density at radius 2 is 1.91 bits per heavy atom. The minimum atomic E-state index is -3.66. The lowest BCUT2D eigenvalue weighted by molar-refractivity contribution is 0.493. The molecule has 0 spiro atoms. The molecule has 180 valence electrons. The van der Waals surface area contributed by atoms with Crippen LogP contribution in [0.1, 0.15) is 45.1 Å². The molecule has 8 heteroatoms. The van der Waals surface area contributed by atoms with Crippen LogP contribution in [0.3, 0.4) is 0 Å². The molecule has 0 aliphatic rings. The van der Waals surface area contributed by atoms with Crippen LogP contribution in [-0.2, 0) is 23.0 Å². The lowest BCUT2D eigenvalue weighted by atomic mass is 10.0. The number of hydrogen-bond acceptors (Lipinski definition) is 5. The van der Waals surface area contributed by atoms with Gasteiger partial charge in [-0.2, -0.15) is 0 Å². The fourth-order valence-corrected chi connectivity index (χ4v) is 7.98. The predicted molar refractivity (Wildman–Crippen MR) is 143 cm³/mol. The van der Waals surface area contributed by atoms with Crippen molar-refractivity contribution in [1.29, 1.82) is 0 Å². The smallest absolute Gasteiger partial charge is 0.251 e. The van der Waals surface area contributed by atoms with Gasteiger partial charge in [-0.25, -0.2) is 18.1 Å². The Balaban J connectivity index is 1.72. The van der Waals surface area contributed by atoms with Gasteiger partial charge in [-0.3, -0.25) is 0 Å². The van der Waals surface area contributed by atoms with Crippen molar-refractivity contribution in [3.63, 3.8) is 0 Å². The minimum Gasteiger partial charge on any atom is -0.326 e. The maximum Gasteiger partial charge on any atom is 0.251 e. The standard InChI is InChI=1S/C26H31N3O2S3/c1-18(2)14-21-16-22(25(33-21)34(30,31)28-26(3,4)5)20-9-6-8-19(15-20)17-29-12-11-27-24(29)23-10-7-13-32-23/h6-13,15-16,18,28H,14,17H2,1-5H3. The Morgan fingerprint density at radius 1 is 1.12 bits per heavy atom. The molecular formula is C26H31N3O2S3. The van der Waals surface area contributed by atoms with Crippen molar-refractivity contribution >= 4 is 32.7 Å². The third-order valence-electron chi connectivity index (χ3n) is 5.09. The van der Waals surface area contributed by atoms with Gasteiger partial charge < -0.3 is 4.57 Å². The second-order valence-electron chi connectivity index (χ2n) is 9.92. The van der Waals surface area contributed by atoms with Crippen LogP contribution >= 0.6 is 22.7 Å². The fraction of sp³-hybridized carbons (Fsp3) is 0.346. The third kappa shape index (κ3) is 5.86. The van der Waals surface area contributed by atoms with E-state index in [0.717, 1.165) is 38.7 Å². The molecule has 0 saturated carbocycles. The van der Waals surface area contributed by atoms with Gasteiger partial charge in [0.15, 0.2) is 0 Å². The first-order valence-electron chi connectivity index (χ1n) is 11.3. The summed E-state index contributed by atoms with van der Waals surface area (Å²) in [6.07, 6.45) is 4.65. The molecule has 1 N–H and O–H groups in total. The molecule has 3 heterocycles. The van der Waals surface area contributed by atoms with E-state index in [-0.39, 0.29) is 0 Å². The summed E-state index contributed by atoms with van der Waals surface area (Å²) in [5.74, 6) is 1.38. The molecule has 0 atom stereocenters. The number of imidazole rings is 1. The molecule has 0 fully saturated rings. The van der Waals surface area contributed by atoms with Crippen molar-refractivity contribution in [3.05, 3.63) is 70.7 Å². The molecule has 3 aromatic heterocycles. The quantitative estimate of drug-likeness (QED) is 0.286. The average Bonchev–Trinajstić information content (AvgIpc) is 3.46. The topological polar surface area (TPSA) is 64.0 Å². The van der Waals surface area contributed by atoms with Gasteiger partial charge in [-0.1, -0.05) is 38.1 Å². The van der Waals surface area contributed by atoms with Crippen molar-refractivity contribution in [3.8, 4) is 21.8 Å². The van der Waals surface area contributed by atoms with Crippen LogP contribution in [0.4, 0.5) is 0 Å². The monoisotopic (exact) mass is 513 g/mol. The summed E-state index contributed by atoms with van der Waals surface area (Å²) in [4.78, 5) is 6.74. The van der Waals surface area contributed by atoms with E-state index in [0.29, 0.717) is 16.7 Å². The van der Waals surface area contributed by atoms with E-state index in [1.165, 1.54) is 11.3 Å². The first-order valence-corrected chi connectivity index (χ1v) is 14.5. The van der Waals surface area contributed by atoms with Gasteiger partial charge in [-0.05, 0) is 67.8 Å². The highest BCUT2D eigenvalue weighted by Crippen LogP contribution is 2.37. The number of nitrogens with one attached hydrogen (secondary N) is 1. The van der Waals surface area contributed by atoms with Crippen LogP contribution in [0.5, 0.6) is 0 Å². The molecule has 0 radical (unpaired) electrons. The van der Waals surface area contributed by atoms with E-state index in [4.69, 9.17) is 0 Å². The van der Waals surface area contributed by atoms with Gasteiger partial charge in [0, 0.05) is 34.9 Å². The van der Waals surface area contributed by atoms with E-state index in [1.807, 2.05) is 56.7 Å². The molecule has 5 nitrogen and oxygen atoms in total. The highest BCUT2D eigenvalue weighted by molar-refractivity contribution is 7.91. The van der Waals surface area contributed by atoms with Crippen molar-refractivity contribution in [2.24, 2.45) is 5.92 Å². The van der Waals surface area contributed by atoms with Gasteiger partial charge in [0.25, 0.3) is 10.0 Å². The number of thiophene rings is 2. The molecule has 0 bridgehead atoms. The van der Waals surface area contributed by atoms with Crippen molar-refractivity contribution in [1.82, 2.24) is 14.3 Å². The Bertz CT molecular complexity index is 1360. The van der Waals surface area contributed by atoms with Gasteiger partial charge in [0.05, 0.1) is 4.88 Å². The summed E-state index contributed by atoms with van der Waals surface area (Å²) < 4.78 is 32.0. The molecule has 0 aliphatic carbocycles. The SMILES string of the molecule is CC(C)Cc1cc(-c2cccc(Cn3ccnc3-c3cccs3)c2)c(S(=O)(=O)NC(C)(C)C)s1. The summed E-state index contributed by atoms with van der Waals surface area (Å²) >= 11 is 3.04. The second kappa shape index (κ2) is 9.77. The van der Waals surface area contributed by atoms with Gasteiger partial charge in [0.1, 0.15) is 10.0 Å². The summed E-state index contributed by atoms with van der Waals surface area (Å²) in [6, 6.07) is 14.3.